The van der Waals surface area contributed by atoms with Crippen molar-refractivity contribution in [2.24, 2.45) is 0 Å². The molecule has 40 heavy (non-hydrogen) atoms. The summed E-state index contributed by atoms with van der Waals surface area (Å²) in [7, 11) is 0. The molecular weight excluding hydrogens is 506 g/mol. The first-order valence-electron chi connectivity index (χ1n) is 13.4. The van der Waals surface area contributed by atoms with Crippen molar-refractivity contribution < 1.29 is 19.4 Å². The first-order chi connectivity index (χ1) is 19.5. The number of aromatic nitrogens is 3. The maximum Gasteiger partial charge on any atom is 0.255 e. The van der Waals surface area contributed by atoms with Gasteiger partial charge in [0.25, 0.3) is 5.91 Å². The molecule has 1 aliphatic heterocycles. The molecule has 0 unspecified atom stereocenters. The number of para-hydroxylation sites is 1. The van der Waals surface area contributed by atoms with E-state index >= 15 is 0 Å². The smallest absolute Gasteiger partial charge is 0.255 e. The average molecular weight is 540 g/mol. The topological polar surface area (TPSA) is 113 Å². The van der Waals surface area contributed by atoms with Crippen molar-refractivity contribution in [3.8, 4) is 17.6 Å². The third-order valence-electron chi connectivity index (χ3n) is 6.57. The van der Waals surface area contributed by atoms with Crippen LogP contribution in [0.4, 0.5) is 5.95 Å². The van der Waals surface area contributed by atoms with Crippen LogP contribution in [0.25, 0.3) is 10.9 Å². The monoisotopic (exact) mass is 539 g/mol. The van der Waals surface area contributed by atoms with Crippen LogP contribution in [-0.4, -0.2) is 71.0 Å². The second-order valence-corrected chi connectivity index (χ2v) is 9.92. The molecule has 0 aliphatic carbocycles. The molecule has 4 aromatic rings. The van der Waals surface area contributed by atoms with E-state index in [-0.39, 0.29) is 18.6 Å². The molecule has 1 atom stereocenters. The summed E-state index contributed by atoms with van der Waals surface area (Å²) in [6, 6.07) is 12.8. The lowest BCUT2D eigenvalue weighted by atomic mass is 10.0. The Morgan fingerprint density at radius 2 is 1.88 bits per heavy atom. The number of H-pyrrole nitrogens is 1. The Morgan fingerprint density at radius 3 is 2.62 bits per heavy atom. The van der Waals surface area contributed by atoms with Gasteiger partial charge in [0, 0.05) is 48.1 Å². The number of morpholine rings is 1. The number of aliphatic hydroxyl groups excluding tert-OH is 1. The highest BCUT2D eigenvalue weighted by Gasteiger charge is 2.20. The molecule has 206 valence electrons. The maximum atomic E-state index is 13.4. The quantitative estimate of drug-likeness (QED) is 0.295. The van der Waals surface area contributed by atoms with E-state index in [2.05, 4.69) is 37.0 Å². The predicted octanol–water partition coefficient (Wildman–Crippen LogP) is 3.31. The van der Waals surface area contributed by atoms with Gasteiger partial charge in [0.15, 0.2) is 0 Å². The largest absolute Gasteiger partial charge is 0.490 e. The second-order valence-electron chi connectivity index (χ2n) is 9.92. The number of hydrogen-bond donors (Lipinski definition) is 3. The van der Waals surface area contributed by atoms with Gasteiger partial charge in [-0.1, -0.05) is 30.0 Å². The Morgan fingerprint density at radius 1 is 1.12 bits per heavy atom. The Balaban J connectivity index is 1.33. The molecule has 1 saturated heterocycles. The molecule has 9 heteroatoms. The average Bonchev–Trinajstić information content (AvgIpc) is 3.39. The highest BCUT2D eigenvalue weighted by Crippen LogP contribution is 2.23. The van der Waals surface area contributed by atoms with Gasteiger partial charge in [-0.05, 0) is 50.1 Å². The predicted molar refractivity (Wildman–Crippen MR) is 154 cm³/mol. The van der Waals surface area contributed by atoms with Crippen LogP contribution in [0.3, 0.4) is 0 Å². The van der Waals surface area contributed by atoms with Gasteiger partial charge in [-0.3, -0.25) is 4.79 Å². The van der Waals surface area contributed by atoms with Crippen molar-refractivity contribution in [1.29, 1.82) is 0 Å². The number of nitrogens with zero attached hydrogens (tertiary/aromatic N) is 3. The Labute approximate surface area is 233 Å². The molecule has 1 fully saturated rings. The van der Waals surface area contributed by atoms with Crippen LogP contribution >= 0.6 is 0 Å². The molecule has 3 N–H and O–H groups in total. The van der Waals surface area contributed by atoms with Crippen molar-refractivity contribution in [3.63, 3.8) is 0 Å². The van der Waals surface area contributed by atoms with Gasteiger partial charge in [-0.25, -0.2) is 9.97 Å². The highest BCUT2D eigenvalue weighted by atomic mass is 16.5. The third-order valence-corrected chi connectivity index (χ3v) is 6.57. The minimum absolute atomic E-state index is 0.120. The van der Waals surface area contributed by atoms with E-state index in [1.165, 1.54) is 0 Å². The van der Waals surface area contributed by atoms with Gasteiger partial charge >= 0.3 is 0 Å². The van der Waals surface area contributed by atoms with E-state index < -0.39 is 6.04 Å². The van der Waals surface area contributed by atoms with E-state index in [0.717, 1.165) is 29.6 Å². The summed E-state index contributed by atoms with van der Waals surface area (Å²) >= 11 is 0. The molecule has 0 spiro atoms. The number of hydrogen-bond acceptors (Lipinski definition) is 7. The zero-order chi connectivity index (χ0) is 27.9. The van der Waals surface area contributed by atoms with Crippen LogP contribution in [-0.2, 0) is 11.2 Å². The molecule has 5 rings (SSSR count). The lowest BCUT2D eigenvalue weighted by Crippen LogP contribution is -2.39. The van der Waals surface area contributed by atoms with Crippen LogP contribution in [0.2, 0.25) is 0 Å². The summed E-state index contributed by atoms with van der Waals surface area (Å²) in [5.41, 5.74) is 3.72. The van der Waals surface area contributed by atoms with Gasteiger partial charge in [0.1, 0.15) is 5.75 Å². The Bertz CT molecular complexity index is 1510. The number of carbonyl (C=O) groups is 1. The lowest BCUT2D eigenvalue weighted by Gasteiger charge is -2.26. The molecule has 1 aliphatic rings. The summed E-state index contributed by atoms with van der Waals surface area (Å²) in [5.74, 6) is 6.97. The number of ether oxygens (including phenoxy) is 2. The Kier molecular flexibility index (Phi) is 8.59. The molecule has 3 heterocycles. The number of rotatable bonds is 8. The number of amides is 1. The normalized spacial score (nSPS) is 14.1. The minimum Gasteiger partial charge on any atom is -0.490 e. The van der Waals surface area contributed by atoms with Gasteiger partial charge in [0.2, 0.25) is 5.95 Å². The number of aliphatic hydroxyl groups is 1. The zero-order valence-corrected chi connectivity index (χ0v) is 22.7. The minimum atomic E-state index is -0.476. The number of anilines is 1. The second kappa shape index (κ2) is 12.6. The first-order valence-corrected chi connectivity index (χ1v) is 13.4. The van der Waals surface area contributed by atoms with Crippen molar-refractivity contribution in [2.45, 2.75) is 32.4 Å². The summed E-state index contributed by atoms with van der Waals surface area (Å²) in [4.78, 5) is 27.6. The number of fused-ring (bicyclic) bond motifs is 1. The molecule has 0 saturated carbocycles. The summed E-state index contributed by atoms with van der Waals surface area (Å²) in [6.07, 6.45) is 5.67. The van der Waals surface area contributed by atoms with Gasteiger partial charge in [-0.15, -0.1) is 0 Å². The van der Waals surface area contributed by atoms with Crippen LogP contribution < -0.4 is 15.0 Å². The van der Waals surface area contributed by atoms with E-state index in [4.69, 9.17) is 9.47 Å². The van der Waals surface area contributed by atoms with Crippen molar-refractivity contribution in [3.05, 3.63) is 83.3 Å². The molecule has 9 nitrogen and oxygen atoms in total. The van der Waals surface area contributed by atoms with Crippen LogP contribution in [0, 0.1) is 11.8 Å². The maximum absolute atomic E-state index is 13.4. The van der Waals surface area contributed by atoms with Gasteiger partial charge in [-0.2, -0.15) is 0 Å². The van der Waals surface area contributed by atoms with Crippen LogP contribution in [0.15, 0.2) is 61.1 Å². The SMILES string of the molecule is CC(C)Oc1ccc(C#Cc2cnc(N3CCOCC3)nc2)cc1C(=O)N[C@@H](CO)Cc1c[nH]c2ccccc12. The highest BCUT2D eigenvalue weighted by molar-refractivity contribution is 5.97. The van der Waals surface area contributed by atoms with Crippen molar-refractivity contribution in [2.75, 3.05) is 37.8 Å². The first kappa shape index (κ1) is 27.2. The van der Waals surface area contributed by atoms with Crippen molar-refractivity contribution in [1.82, 2.24) is 20.3 Å². The number of benzene rings is 2. The summed E-state index contributed by atoms with van der Waals surface area (Å²) in [5, 5.41) is 14.1. The van der Waals surface area contributed by atoms with E-state index in [0.29, 0.717) is 48.0 Å². The van der Waals surface area contributed by atoms with E-state index in [9.17, 15) is 9.90 Å². The van der Waals surface area contributed by atoms with Gasteiger partial charge in [0.05, 0.1) is 43.1 Å². The zero-order valence-electron chi connectivity index (χ0n) is 22.7. The molecule has 2 aromatic heterocycles. The molecule has 2 aromatic carbocycles. The molecule has 0 radical (unpaired) electrons. The molecule has 1 amide bonds. The van der Waals surface area contributed by atoms with E-state index in [1.807, 2.05) is 50.4 Å². The summed E-state index contributed by atoms with van der Waals surface area (Å²) < 4.78 is 11.3. The van der Waals surface area contributed by atoms with Crippen LogP contribution in [0.1, 0.15) is 40.9 Å². The lowest BCUT2D eigenvalue weighted by molar-refractivity contribution is 0.0910. The fourth-order valence-electron chi connectivity index (χ4n) is 4.59. The van der Waals surface area contributed by atoms with Crippen LogP contribution in [0.5, 0.6) is 5.75 Å². The third kappa shape index (κ3) is 6.60. The molecule has 0 bridgehead atoms. The number of carbonyl (C=O) groups excluding carboxylic acids is 1. The van der Waals surface area contributed by atoms with Gasteiger partial charge < -0.3 is 29.8 Å². The molecular formula is C31H33N5O4. The number of aromatic amines is 1. The Hall–Kier alpha value is -4.39. The number of nitrogens with one attached hydrogen (secondary N) is 2. The van der Waals surface area contributed by atoms with E-state index in [1.54, 1.807) is 24.5 Å². The fourth-order valence-corrected chi connectivity index (χ4v) is 4.59. The van der Waals surface area contributed by atoms with Crippen molar-refractivity contribution >= 4 is 22.8 Å². The fraction of sp³-hybridized carbons (Fsp3) is 0.323. The standard InChI is InChI=1S/C31H33N5O4/c1-21(2)40-29-10-9-22(7-8-23-17-33-31(34-18-23)36-11-13-39-14-12-36)15-27(29)30(38)35-25(20-37)16-24-19-32-28-6-4-3-5-26(24)28/h3-6,9-10,15,17-19,21,25,32,37H,11-14,16,20H2,1-2H3,(H,35,38)/t25-/m1/s1. The summed E-state index contributed by atoms with van der Waals surface area (Å²) in [6.45, 7) is 6.47.